The minimum atomic E-state index is -3.88. The lowest BCUT2D eigenvalue weighted by Crippen LogP contribution is -2.41. The maximum absolute atomic E-state index is 13.3. The molecule has 0 aromatic heterocycles. The van der Waals surface area contributed by atoms with Gasteiger partial charge in [0.05, 0.1) is 10.6 Å². The first-order valence-corrected chi connectivity index (χ1v) is 11.8. The summed E-state index contributed by atoms with van der Waals surface area (Å²) in [6.45, 7) is 4.10. The molecule has 3 aromatic rings. The summed E-state index contributed by atoms with van der Waals surface area (Å²) >= 11 is 0. The third-order valence-corrected chi connectivity index (χ3v) is 6.82. The summed E-state index contributed by atoms with van der Waals surface area (Å²) < 4.78 is 27.8. The first-order valence-electron chi connectivity index (χ1n) is 10.3. The van der Waals surface area contributed by atoms with Crippen LogP contribution in [0.25, 0.3) is 0 Å². The number of para-hydroxylation sites is 1. The quantitative estimate of drug-likeness (QED) is 0.510. The van der Waals surface area contributed by atoms with Crippen molar-refractivity contribution in [1.29, 1.82) is 0 Å². The summed E-state index contributed by atoms with van der Waals surface area (Å²) in [7, 11) is -3.88. The van der Waals surface area contributed by atoms with Gasteiger partial charge in [0, 0.05) is 6.54 Å². The first-order chi connectivity index (χ1) is 14.9. The van der Waals surface area contributed by atoms with Gasteiger partial charge in [0.15, 0.2) is 0 Å². The fourth-order valence-corrected chi connectivity index (χ4v) is 4.94. The van der Waals surface area contributed by atoms with Gasteiger partial charge in [-0.05, 0) is 56.0 Å². The van der Waals surface area contributed by atoms with E-state index < -0.39 is 10.0 Å². The van der Waals surface area contributed by atoms with Crippen LogP contribution in [0, 0.1) is 13.8 Å². The summed E-state index contributed by atoms with van der Waals surface area (Å²) in [5.41, 5.74) is 3.72. The predicted molar refractivity (Wildman–Crippen MR) is 125 cm³/mol. The van der Waals surface area contributed by atoms with Gasteiger partial charge in [-0.2, -0.15) is 0 Å². The zero-order valence-corrected chi connectivity index (χ0v) is 18.7. The molecule has 0 bridgehead atoms. The second kappa shape index (κ2) is 10.3. The second-order valence-corrected chi connectivity index (χ2v) is 9.42. The highest BCUT2D eigenvalue weighted by atomic mass is 32.2. The Bertz CT molecular complexity index is 1130. The first kappa shape index (κ1) is 22.6. The number of benzene rings is 3. The minimum Gasteiger partial charge on any atom is -0.355 e. The molecule has 0 spiro atoms. The van der Waals surface area contributed by atoms with Gasteiger partial charge in [-0.25, -0.2) is 8.42 Å². The van der Waals surface area contributed by atoms with Crippen molar-refractivity contribution in [1.82, 2.24) is 5.32 Å². The Morgan fingerprint density at radius 2 is 1.61 bits per heavy atom. The van der Waals surface area contributed by atoms with Gasteiger partial charge in [0.1, 0.15) is 6.54 Å². The molecular weight excluding hydrogens is 408 g/mol. The number of aryl methyl sites for hydroxylation is 3. The van der Waals surface area contributed by atoms with E-state index in [1.165, 1.54) is 15.4 Å². The molecule has 0 fully saturated rings. The molecule has 0 atom stereocenters. The van der Waals surface area contributed by atoms with Crippen LogP contribution in [0.4, 0.5) is 5.69 Å². The van der Waals surface area contributed by atoms with Gasteiger partial charge in [0.25, 0.3) is 10.0 Å². The summed E-state index contributed by atoms with van der Waals surface area (Å²) in [6, 6.07) is 23.7. The predicted octanol–water partition coefficient (Wildman–Crippen LogP) is 4.25. The van der Waals surface area contributed by atoms with E-state index in [1.54, 1.807) is 42.5 Å². The molecule has 6 heteroatoms. The van der Waals surface area contributed by atoms with Crippen molar-refractivity contribution in [2.75, 3.05) is 17.4 Å². The third kappa shape index (κ3) is 5.95. The van der Waals surface area contributed by atoms with Crippen LogP contribution in [-0.2, 0) is 21.2 Å². The molecule has 0 unspecified atom stereocenters. The summed E-state index contributed by atoms with van der Waals surface area (Å²) in [6.07, 6.45) is 1.64. The molecule has 162 valence electrons. The second-order valence-electron chi connectivity index (χ2n) is 7.55. The highest BCUT2D eigenvalue weighted by Gasteiger charge is 2.27. The highest BCUT2D eigenvalue weighted by molar-refractivity contribution is 7.92. The maximum Gasteiger partial charge on any atom is 0.264 e. The standard InChI is InChI=1S/C25H28N2O3S/c1-20-10-8-12-22(18-20)13-9-17-26-25(28)19-27(24-16-7-6-11-21(24)2)31(29,30)23-14-4-3-5-15-23/h3-8,10-12,14-16,18H,9,13,17,19H2,1-2H3,(H,26,28). The monoisotopic (exact) mass is 436 g/mol. The van der Waals surface area contributed by atoms with Crippen molar-refractivity contribution in [3.8, 4) is 0 Å². The Balaban J connectivity index is 1.70. The zero-order valence-electron chi connectivity index (χ0n) is 17.9. The van der Waals surface area contributed by atoms with E-state index in [4.69, 9.17) is 0 Å². The number of carbonyl (C=O) groups excluding carboxylic acids is 1. The molecule has 0 saturated heterocycles. The Kier molecular flexibility index (Phi) is 7.47. The van der Waals surface area contributed by atoms with E-state index in [2.05, 4.69) is 30.4 Å². The molecule has 0 aliphatic heterocycles. The van der Waals surface area contributed by atoms with Crippen LogP contribution in [-0.4, -0.2) is 27.4 Å². The molecule has 0 saturated carbocycles. The van der Waals surface area contributed by atoms with E-state index in [9.17, 15) is 13.2 Å². The normalized spacial score (nSPS) is 11.2. The molecule has 31 heavy (non-hydrogen) atoms. The number of hydrogen-bond acceptors (Lipinski definition) is 3. The average molecular weight is 437 g/mol. The van der Waals surface area contributed by atoms with Crippen LogP contribution in [0.3, 0.4) is 0 Å². The number of hydrogen-bond donors (Lipinski definition) is 1. The van der Waals surface area contributed by atoms with Gasteiger partial charge in [-0.3, -0.25) is 9.10 Å². The lowest BCUT2D eigenvalue weighted by Gasteiger charge is -2.25. The van der Waals surface area contributed by atoms with E-state index in [0.29, 0.717) is 12.2 Å². The Hall–Kier alpha value is -3.12. The molecule has 1 amide bonds. The van der Waals surface area contributed by atoms with Gasteiger partial charge in [-0.15, -0.1) is 0 Å². The maximum atomic E-state index is 13.3. The van der Waals surface area contributed by atoms with Crippen LogP contribution in [0.5, 0.6) is 0 Å². The van der Waals surface area contributed by atoms with Crippen molar-refractivity contribution in [3.05, 3.63) is 95.6 Å². The van der Waals surface area contributed by atoms with Gasteiger partial charge < -0.3 is 5.32 Å². The largest absolute Gasteiger partial charge is 0.355 e. The molecule has 3 aromatic carbocycles. The number of amides is 1. The summed E-state index contributed by atoms with van der Waals surface area (Å²) in [5.74, 6) is -0.327. The number of sulfonamides is 1. The van der Waals surface area contributed by atoms with E-state index in [1.807, 2.05) is 25.1 Å². The molecular formula is C25H28N2O3S. The van der Waals surface area contributed by atoms with Crippen LogP contribution >= 0.6 is 0 Å². The zero-order chi connectivity index (χ0) is 22.3. The number of rotatable bonds is 9. The number of anilines is 1. The molecule has 5 nitrogen and oxygen atoms in total. The van der Waals surface area contributed by atoms with Crippen molar-refractivity contribution in [2.45, 2.75) is 31.6 Å². The Morgan fingerprint density at radius 3 is 2.32 bits per heavy atom. The molecule has 1 N–H and O–H groups in total. The van der Waals surface area contributed by atoms with Gasteiger partial charge in [0.2, 0.25) is 5.91 Å². The average Bonchev–Trinajstić information content (AvgIpc) is 2.76. The Labute approximate surface area is 184 Å². The molecule has 0 aliphatic rings. The van der Waals surface area contributed by atoms with Gasteiger partial charge in [-0.1, -0.05) is 66.2 Å². The van der Waals surface area contributed by atoms with E-state index in [-0.39, 0.29) is 17.3 Å². The topological polar surface area (TPSA) is 66.5 Å². The van der Waals surface area contributed by atoms with Crippen molar-refractivity contribution in [2.24, 2.45) is 0 Å². The fourth-order valence-electron chi connectivity index (χ4n) is 3.44. The van der Waals surface area contributed by atoms with Crippen LogP contribution in [0.15, 0.2) is 83.8 Å². The van der Waals surface area contributed by atoms with Crippen LogP contribution in [0.1, 0.15) is 23.1 Å². The SMILES string of the molecule is Cc1cccc(CCCNC(=O)CN(c2ccccc2C)S(=O)(=O)c2ccccc2)c1. The lowest BCUT2D eigenvalue weighted by molar-refractivity contribution is -0.119. The summed E-state index contributed by atoms with van der Waals surface area (Å²) in [5, 5.41) is 2.87. The smallest absolute Gasteiger partial charge is 0.264 e. The fraction of sp³-hybridized carbons (Fsp3) is 0.240. The van der Waals surface area contributed by atoms with Crippen LogP contribution in [0.2, 0.25) is 0 Å². The van der Waals surface area contributed by atoms with Crippen molar-refractivity contribution >= 4 is 21.6 Å². The molecule has 0 radical (unpaired) electrons. The molecule has 0 heterocycles. The highest BCUT2D eigenvalue weighted by Crippen LogP contribution is 2.26. The summed E-state index contributed by atoms with van der Waals surface area (Å²) in [4.78, 5) is 12.8. The Morgan fingerprint density at radius 1 is 0.903 bits per heavy atom. The number of nitrogens with one attached hydrogen (secondary N) is 1. The van der Waals surface area contributed by atoms with E-state index >= 15 is 0 Å². The third-order valence-electron chi connectivity index (χ3n) is 5.05. The van der Waals surface area contributed by atoms with E-state index in [0.717, 1.165) is 18.4 Å². The molecule has 0 aliphatic carbocycles. The van der Waals surface area contributed by atoms with Crippen molar-refractivity contribution < 1.29 is 13.2 Å². The lowest BCUT2D eigenvalue weighted by atomic mass is 10.1. The van der Waals surface area contributed by atoms with Crippen LogP contribution < -0.4 is 9.62 Å². The van der Waals surface area contributed by atoms with Gasteiger partial charge >= 0.3 is 0 Å². The minimum absolute atomic E-state index is 0.158. The number of carbonyl (C=O) groups is 1. The number of nitrogens with zero attached hydrogens (tertiary/aromatic N) is 1. The molecule has 3 rings (SSSR count). The van der Waals surface area contributed by atoms with Crippen molar-refractivity contribution in [3.63, 3.8) is 0 Å².